The lowest BCUT2D eigenvalue weighted by atomic mass is 9.96. The zero-order valence-corrected chi connectivity index (χ0v) is 11.9. The smallest absolute Gasteiger partial charge is 0.146 e. The minimum Gasteiger partial charge on any atom is -0.271 e. The summed E-state index contributed by atoms with van der Waals surface area (Å²) in [6.07, 6.45) is 0. The van der Waals surface area contributed by atoms with E-state index in [-0.39, 0.29) is 5.02 Å². The Morgan fingerprint density at radius 2 is 1.71 bits per heavy atom. The first-order valence-corrected chi connectivity index (χ1v) is 6.97. The van der Waals surface area contributed by atoms with Crippen molar-refractivity contribution in [2.45, 2.75) is 6.04 Å². The fourth-order valence-corrected chi connectivity index (χ4v) is 2.68. The molecule has 0 radical (unpaired) electrons. The maximum absolute atomic E-state index is 14.2. The molecule has 0 aliphatic rings. The van der Waals surface area contributed by atoms with Gasteiger partial charge in [-0.25, -0.2) is 9.82 Å². The number of nitrogens with one attached hydrogen (secondary N) is 1. The van der Waals surface area contributed by atoms with Gasteiger partial charge in [-0.15, -0.1) is 0 Å². The molecule has 0 aliphatic carbocycles. The Hall–Kier alpha value is -1.94. The molecule has 3 N–H and O–H groups in total. The molecule has 2 nitrogen and oxygen atoms in total. The van der Waals surface area contributed by atoms with Crippen LogP contribution in [0, 0.1) is 5.82 Å². The minimum absolute atomic E-state index is 0.0912. The average Bonchev–Trinajstić information content (AvgIpc) is 2.52. The van der Waals surface area contributed by atoms with E-state index in [1.165, 1.54) is 6.07 Å². The standard InChI is InChI=1S/C17H14ClFN2/c18-15-7-3-6-14(16(15)19)17(21-20)13-9-8-11-4-1-2-5-12(11)10-13/h1-10,17,21H,20H2. The normalized spacial score (nSPS) is 12.5. The first-order chi connectivity index (χ1) is 10.2. The predicted molar refractivity (Wildman–Crippen MR) is 84.5 cm³/mol. The fourth-order valence-electron chi connectivity index (χ4n) is 2.50. The molecular formula is C17H14ClFN2. The van der Waals surface area contributed by atoms with Crippen LogP contribution in [0.5, 0.6) is 0 Å². The van der Waals surface area contributed by atoms with Crippen LogP contribution in [0.1, 0.15) is 17.2 Å². The molecule has 3 rings (SSSR count). The van der Waals surface area contributed by atoms with Crippen molar-refractivity contribution in [1.82, 2.24) is 5.43 Å². The molecule has 0 bridgehead atoms. The quantitative estimate of drug-likeness (QED) is 0.562. The highest BCUT2D eigenvalue weighted by atomic mass is 35.5. The highest BCUT2D eigenvalue weighted by Crippen LogP contribution is 2.29. The molecule has 3 aromatic rings. The molecule has 0 saturated heterocycles. The van der Waals surface area contributed by atoms with Crippen LogP contribution in [0.25, 0.3) is 10.8 Å². The number of rotatable bonds is 3. The van der Waals surface area contributed by atoms with E-state index in [9.17, 15) is 4.39 Å². The van der Waals surface area contributed by atoms with E-state index in [1.54, 1.807) is 12.1 Å². The molecule has 0 fully saturated rings. The summed E-state index contributed by atoms with van der Waals surface area (Å²) in [5, 5.41) is 2.30. The van der Waals surface area contributed by atoms with Gasteiger partial charge in [0.1, 0.15) is 5.82 Å². The highest BCUT2D eigenvalue weighted by Gasteiger charge is 2.18. The third kappa shape index (κ3) is 2.63. The summed E-state index contributed by atoms with van der Waals surface area (Å²) in [6, 6.07) is 18.4. The van der Waals surface area contributed by atoms with Gasteiger partial charge in [0.2, 0.25) is 0 Å². The van der Waals surface area contributed by atoms with Crippen LogP contribution in [-0.4, -0.2) is 0 Å². The Labute approximate surface area is 127 Å². The summed E-state index contributed by atoms with van der Waals surface area (Å²) in [5.41, 5.74) is 3.99. The van der Waals surface area contributed by atoms with Crippen LogP contribution >= 0.6 is 11.6 Å². The molecule has 0 saturated carbocycles. The first-order valence-electron chi connectivity index (χ1n) is 6.59. The highest BCUT2D eigenvalue weighted by molar-refractivity contribution is 6.30. The molecule has 0 heterocycles. The molecule has 3 aromatic carbocycles. The number of halogens is 2. The zero-order valence-electron chi connectivity index (χ0n) is 11.2. The maximum Gasteiger partial charge on any atom is 0.146 e. The van der Waals surface area contributed by atoms with Gasteiger partial charge in [-0.1, -0.05) is 60.1 Å². The van der Waals surface area contributed by atoms with Crippen molar-refractivity contribution in [3.05, 3.63) is 82.6 Å². The number of hydrogen-bond acceptors (Lipinski definition) is 2. The van der Waals surface area contributed by atoms with Gasteiger partial charge < -0.3 is 0 Å². The average molecular weight is 301 g/mol. The molecule has 0 aromatic heterocycles. The molecule has 0 spiro atoms. The van der Waals surface area contributed by atoms with E-state index in [0.717, 1.165) is 16.3 Å². The van der Waals surface area contributed by atoms with E-state index >= 15 is 0 Å². The lowest BCUT2D eigenvalue weighted by molar-refractivity contribution is 0.561. The number of nitrogens with two attached hydrogens (primary N) is 1. The Bertz CT molecular complexity index is 789. The van der Waals surface area contributed by atoms with Gasteiger partial charge in [0.25, 0.3) is 0 Å². The van der Waals surface area contributed by atoms with Gasteiger partial charge in [-0.2, -0.15) is 0 Å². The monoisotopic (exact) mass is 300 g/mol. The van der Waals surface area contributed by atoms with Crippen LogP contribution in [0.4, 0.5) is 4.39 Å². The molecule has 1 unspecified atom stereocenters. The predicted octanol–water partition coefficient (Wildman–Crippen LogP) is 4.19. The second kappa shape index (κ2) is 5.82. The van der Waals surface area contributed by atoms with Crippen molar-refractivity contribution in [2.75, 3.05) is 0 Å². The second-order valence-corrected chi connectivity index (χ2v) is 5.26. The summed E-state index contributed by atoms with van der Waals surface area (Å²) in [6.45, 7) is 0. The van der Waals surface area contributed by atoms with Crippen molar-refractivity contribution in [1.29, 1.82) is 0 Å². The topological polar surface area (TPSA) is 38.0 Å². The second-order valence-electron chi connectivity index (χ2n) is 4.85. The van der Waals surface area contributed by atoms with Gasteiger partial charge in [-0.3, -0.25) is 5.84 Å². The van der Waals surface area contributed by atoms with Gasteiger partial charge in [0.05, 0.1) is 11.1 Å². The molecule has 0 amide bonds. The molecule has 21 heavy (non-hydrogen) atoms. The van der Waals surface area contributed by atoms with Crippen LogP contribution < -0.4 is 11.3 Å². The van der Waals surface area contributed by atoms with Crippen LogP contribution in [-0.2, 0) is 0 Å². The Morgan fingerprint density at radius 3 is 2.48 bits per heavy atom. The largest absolute Gasteiger partial charge is 0.271 e. The van der Waals surface area contributed by atoms with Crippen molar-refractivity contribution < 1.29 is 4.39 Å². The number of hydrazine groups is 1. The lowest BCUT2D eigenvalue weighted by Gasteiger charge is -2.18. The van der Waals surface area contributed by atoms with Crippen molar-refractivity contribution in [3.63, 3.8) is 0 Å². The Morgan fingerprint density at radius 1 is 0.952 bits per heavy atom. The number of benzene rings is 3. The maximum atomic E-state index is 14.2. The minimum atomic E-state index is -0.451. The van der Waals surface area contributed by atoms with Gasteiger partial charge in [0.15, 0.2) is 0 Å². The molecule has 106 valence electrons. The third-order valence-electron chi connectivity index (χ3n) is 3.57. The van der Waals surface area contributed by atoms with Gasteiger partial charge in [-0.05, 0) is 28.5 Å². The fraction of sp³-hybridized carbons (Fsp3) is 0.0588. The SMILES string of the molecule is NNC(c1ccc2ccccc2c1)c1cccc(Cl)c1F. The summed E-state index contributed by atoms with van der Waals surface area (Å²) in [7, 11) is 0. The molecular weight excluding hydrogens is 287 g/mol. The van der Waals surface area contributed by atoms with Crippen molar-refractivity contribution in [3.8, 4) is 0 Å². The summed E-state index contributed by atoms with van der Waals surface area (Å²) < 4.78 is 14.2. The number of hydrogen-bond donors (Lipinski definition) is 2. The molecule has 4 heteroatoms. The van der Waals surface area contributed by atoms with Crippen LogP contribution in [0.3, 0.4) is 0 Å². The van der Waals surface area contributed by atoms with Gasteiger partial charge >= 0.3 is 0 Å². The van der Waals surface area contributed by atoms with E-state index in [1.807, 2.05) is 42.5 Å². The summed E-state index contributed by atoms with van der Waals surface area (Å²) in [4.78, 5) is 0. The van der Waals surface area contributed by atoms with E-state index in [0.29, 0.717) is 5.56 Å². The van der Waals surface area contributed by atoms with Crippen molar-refractivity contribution >= 4 is 22.4 Å². The van der Waals surface area contributed by atoms with E-state index < -0.39 is 11.9 Å². The third-order valence-corrected chi connectivity index (χ3v) is 3.86. The molecule has 0 aliphatic heterocycles. The lowest BCUT2D eigenvalue weighted by Crippen LogP contribution is -2.29. The zero-order chi connectivity index (χ0) is 14.8. The van der Waals surface area contributed by atoms with Crippen molar-refractivity contribution in [2.24, 2.45) is 5.84 Å². The van der Waals surface area contributed by atoms with E-state index in [2.05, 4.69) is 5.43 Å². The van der Waals surface area contributed by atoms with Crippen LogP contribution in [0.15, 0.2) is 60.7 Å². The Balaban J connectivity index is 2.11. The van der Waals surface area contributed by atoms with Crippen LogP contribution in [0.2, 0.25) is 5.02 Å². The summed E-state index contributed by atoms with van der Waals surface area (Å²) >= 11 is 5.85. The first kappa shape index (κ1) is 14.0. The summed E-state index contributed by atoms with van der Waals surface area (Å²) in [5.74, 6) is 5.19. The number of fused-ring (bicyclic) bond motifs is 1. The molecule has 1 atom stereocenters. The van der Waals surface area contributed by atoms with Gasteiger partial charge in [0, 0.05) is 5.56 Å². The Kier molecular flexibility index (Phi) is 3.88. The van der Waals surface area contributed by atoms with E-state index in [4.69, 9.17) is 17.4 Å².